The predicted octanol–water partition coefficient (Wildman–Crippen LogP) is -0.214. The number of piperidine rings is 1. The first-order valence-corrected chi connectivity index (χ1v) is 6.78. The molecule has 1 amide bonds. The number of amides is 1. The first kappa shape index (κ1) is 15.5. The molecule has 114 valence electrons. The number of carbonyl (C=O) groups is 1. The molecule has 0 saturated carbocycles. The van der Waals surface area contributed by atoms with Crippen molar-refractivity contribution in [3.05, 3.63) is 34.9 Å². The van der Waals surface area contributed by atoms with Gasteiger partial charge in [0.1, 0.15) is 6.54 Å². The molecule has 21 heavy (non-hydrogen) atoms. The van der Waals surface area contributed by atoms with Crippen LogP contribution in [0.1, 0.15) is 12.8 Å². The van der Waals surface area contributed by atoms with E-state index in [-0.39, 0.29) is 36.6 Å². The molecule has 2 aromatic heterocycles. The number of hydrogen-bond acceptors (Lipinski definition) is 4. The van der Waals surface area contributed by atoms with Crippen molar-refractivity contribution in [2.24, 2.45) is 0 Å². The van der Waals surface area contributed by atoms with Crippen LogP contribution in [0.2, 0.25) is 0 Å². The van der Waals surface area contributed by atoms with E-state index >= 15 is 0 Å². The summed E-state index contributed by atoms with van der Waals surface area (Å²) in [6.45, 7) is 1.74. The Morgan fingerprint density at radius 3 is 3.05 bits per heavy atom. The highest BCUT2D eigenvalue weighted by Crippen LogP contribution is 2.01. The Hall–Kier alpha value is -1.86. The highest BCUT2D eigenvalue weighted by atomic mass is 35.5. The Morgan fingerprint density at radius 1 is 1.48 bits per heavy atom. The number of rotatable bonds is 3. The van der Waals surface area contributed by atoms with Crippen molar-refractivity contribution < 1.29 is 4.79 Å². The number of pyridine rings is 1. The second-order valence-corrected chi connectivity index (χ2v) is 4.98. The molecule has 0 bridgehead atoms. The molecule has 1 aliphatic rings. The van der Waals surface area contributed by atoms with E-state index < -0.39 is 0 Å². The van der Waals surface area contributed by atoms with Gasteiger partial charge in [-0.05, 0) is 31.5 Å². The maximum Gasteiger partial charge on any atom is 0.350 e. The first-order valence-electron chi connectivity index (χ1n) is 6.78. The van der Waals surface area contributed by atoms with Crippen molar-refractivity contribution in [3.63, 3.8) is 0 Å². The molecule has 0 radical (unpaired) electrons. The fourth-order valence-corrected chi connectivity index (χ4v) is 2.46. The van der Waals surface area contributed by atoms with Gasteiger partial charge in [0.05, 0.1) is 0 Å². The molecule has 3 rings (SSSR count). The lowest BCUT2D eigenvalue weighted by Crippen LogP contribution is -2.47. The summed E-state index contributed by atoms with van der Waals surface area (Å²) >= 11 is 0. The molecule has 8 heteroatoms. The van der Waals surface area contributed by atoms with Gasteiger partial charge >= 0.3 is 5.69 Å². The molecule has 1 aliphatic heterocycles. The summed E-state index contributed by atoms with van der Waals surface area (Å²) in [6.07, 6.45) is 3.67. The summed E-state index contributed by atoms with van der Waals surface area (Å²) in [5, 5.41) is 10.3. The minimum absolute atomic E-state index is 0. The van der Waals surface area contributed by atoms with Crippen molar-refractivity contribution in [1.29, 1.82) is 0 Å². The average molecular weight is 312 g/mol. The van der Waals surface area contributed by atoms with Crippen LogP contribution in [0.25, 0.3) is 5.65 Å². The zero-order valence-electron chi connectivity index (χ0n) is 11.5. The minimum atomic E-state index is -0.294. The van der Waals surface area contributed by atoms with Crippen molar-refractivity contribution >= 4 is 24.0 Å². The summed E-state index contributed by atoms with van der Waals surface area (Å²) in [5.74, 6) is -0.177. The van der Waals surface area contributed by atoms with Gasteiger partial charge in [-0.2, -0.15) is 0 Å². The quantitative estimate of drug-likeness (QED) is 0.822. The number of fused-ring (bicyclic) bond motifs is 1. The van der Waals surface area contributed by atoms with E-state index in [1.165, 1.54) is 9.08 Å². The maximum atomic E-state index is 12.0. The lowest BCUT2D eigenvalue weighted by Gasteiger charge is -2.23. The van der Waals surface area contributed by atoms with E-state index in [2.05, 4.69) is 15.7 Å². The fourth-order valence-electron chi connectivity index (χ4n) is 2.46. The molecule has 2 aromatic rings. The van der Waals surface area contributed by atoms with Crippen LogP contribution in [0.15, 0.2) is 29.2 Å². The molecule has 1 saturated heterocycles. The zero-order chi connectivity index (χ0) is 13.9. The number of nitrogens with zero attached hydrogens (tertiary/aromatic N) is 3. The number of aromatic nitrogens is 3. The van der Waals surface area contributed by atoms with Gasteiger partial charge in [0.2, 0.25) is 5.91 Å². The van der Waals surface area contributed by atoms with Gasteiger partial charge in [0.25, 0.3) is 0 Å². The van der Waals surface area contributed by atoms with E-state index in [1.54, 1.807) is 24.4 Å². The van der Waals surface area contributed by atoms with Crippen molar-refractivity contribution in [1.82, 2.24) is 24.8 Å². The number of carbonyl (C=O) groups excluding carboxylic acids is 1. The fraction of sp³-hybridized carbons (Fsp3) is 0.462. The summed E-state index contributed by atoms with van der Waals surface area (Å²) in [5.41, 5.74) is 0.252. The molecule has 0 spiro atoms. The summed E-state index contributed by atoms with van der Waals surface area (Å²) < 4.78 is 2.62. The SMILES string of the molecule is Cl.O=C(Cn1nc2ccccn2c1=O)N[C@H]1CCCNC1. The Bertz CT molecular complexity index is 674. The van der Waals surface area contributed by atoms with Gasteiger partial charge < -0.3 is 10.6 Å². The normalized spacial score (nSPS) is 18.2. The van der Waals surface area contributed by atoms with Crippen LogP contribution in [-0.4, -0.2) is 39.2 Å². The van der Waals surface area contributed by atoms with E-state index in [0.29, 0.717) is 5.65 Å². The van der Waals surface area contributed by atoms with Crippen LogP contribution in [0.3, 0.4) is 0 Å². The Kier molecular flexibility index (Phi) is 4.98. The highest BCUT2D eigenvalue weighted by Gasteiger charge is 2.16. The largest absolute Gasteiger partial charge is 0.350 e. The Morgan fingerprint density at radius 2 is 2.33 bits per heavy atom. The number of nitrogens with one attached hydrogen (secondary N) is 2. The topological polar surface area (TPSA) is 80.4 Å². The van der Waals surface area contributed by atoms with E-state index in [9.17, 15) is 9.59 Å². The molecule has 0 unspecified atom stereocenters. The summed E-state index contributed by atoms with van der Waals surface area (Å²) in [7, 11) is 0. The van der Waals surface area contributed by atoms with Gasteiger partial charge in [0, 0.05) is 18.8 Å². The summed E-state index contributed by atoms with van der Waals surface area (Å²) in [4.78, 5) is 24.0. The van der Waals surface area contributed by atoms with Crippen LogP contribution in [0, 0.1) is 0 Å². The van der Waals surface area contributed by atoms with E-state index in [4.69, 9.17) is 0 Å². The van der Waals surface area contributed by atoms with Crippen LogP contribution in [0.5, 0.6) is 0 Å². The molecule has 1 atom stereocenters. The smallest absolute Gasteiger partial charge is 0.350 e. The van der Waals surface area contributed by atoms with E-state index in [0.717, 1.165) is 25.9 Å². The lowest BCUT2D eigenvalue weighted by atomic mass is 10.1. The average Bonchev–Trinajstić information content (AvgIpc) is 2.77. The molecule has 0 aliphatic carbocycles. The molecular weight excluding hydrogens is 294 g/mol. The van der Waals surface area contributed by atoms with Crippen molar-refractivity contribution in [3.8, 4) is 0 Å². The third kappa shape index (κ3) is 3.43. The van der Waals surface area contributed by atoms with Gasteiger partial charge in [-0.25, -0.2) is 9.48 Å². The molecular formula is C13H18ClN5O2. The summed E-state index contributed by atoms with van der Waals surface area (Å²) in [6, 6.07) is 5.44. The van der Waals surface area contributed by atoms with Crippen LogP contribution in [-0.2, 0) is 11.3 Å². The van der Waals surface area contributed by atoms with Crippen molar-refractivity contribution in [2.75, 3.05) is 13.1 Å². The number of hydrogen-bond donors (Lipinski definition) is 2. The third-order valence-corrected chi connectivity index (χ3v) is 3.44. The lowest BCUT2D eigenvalue weighted by molar-refractivity contribution is -0.122. The number of halogens is 1. The van der Waals surface area contributed by atoms with Gasteiger partial charge in [-0.15, -0.1) is 17.5 Å². The van der Waals surface area contributed by atoms with Gasteiger partial charge in [-0.3, -0.25) is 9.20 Å². The minimum Gasteiger partial charge on any atom is -0.350 e. The Balaban J connectivity index is 0.00000161. The zero-order valence-corrected chi connectivity index (χ0v) is 12.3. The van der Waals surface area contributed by atoms with Crippen LogP contribution in [0.4, 0.5) is 0 Å². The second-order valence-electron chi connectivity index (χ2n) is 4.98. The van der Waals surface area contributed by atoms with Crippen LogP contribution >= 0.6 is 12.4 Å². The second kappa shape index (κ2) is 6.73. The molecule has 2 N–H and O–H groups in total. The van der Waals surface area contributed by atoms with Crippen molar-refractivity contribution in [2.45, 2.75) is 25.4 Å². The van der Waals surface area contributed by atoms with Gasteiger partial charge in [0.15, 0.2) is 5.65 Å². The molecule has 0 aromatic carbocycles. The first-order chi connectivity index (χ1) is 9.74. The monoisotopic (exact) mass is 311 g/mol. The van der Waals surface area contributed by atoms with E-state index in [1.807, 2.05) is 0 Å². The van der Waals surface area contributed by atoms with Crippen LogP contribution < -0.4 is 16.3 Å². The maximum absolute atomic E-state index is 12.0. The standard InChI is InChI=1S/C13H17N5O2.ClH/c19-12(15-10-4-3-6-14-8-10)9-18-13(20)17-7-2-1-5-11(17)16-18;/h1-2,5,7,10,14H,3-4,6,8-9H2,(H,15,19);1H/t10-;/m0./s1. The highest BCUT2D eigenvalue weighted by molar-refractivity contribution is 5.85. The predicted molar refractivity (Wildman–Crippen MR) is 80.7 cm³/mol. The molecule has 1 fully saturated rings. The third-order valence-electron chi connectivity index (χ3n) is 3.44. The molecule has 3 heterocycles. The van der Waals surface area contributed by atoms with Gasteiger partial charge in [-0.1, -0.05) is 6.07 Å². The molecule has 7 nitrogen and oxygen atoms in total. The Labute approximate surface area is 127 Å².